The Morgan fingerprint density at radius 2 is 2.12 bits per heavy atom. The molecule has 1 aromatic carbocycles. The predicted octanol–water partition coefficient (Wildman–Crippen LogP) is 4.23. The van der Waals surface area contributed by atoms with Gasteiger partial charge in [-0.1, -0.05) is 25.0 Å². The molecule has 1 N–H and O–H groups in total. The second-order valence-electron chi connectivity index (χ2n) is 4.73. The fourth-order valence-corrected chi connectivity index (χ4v) is 3.01. The first-order valence-corrected chi connectivity index (χ1v) is 7.02. The molecule has 90 valence electrons. The molecule has 1 fully saturated rings. The van der Waals surface area contributed by atoms with Crippen LogP contribution in [0.5, 0.6) is 0 Å². The molecule has 1 aliphatic rings. The van der Waals surface area contributed by atoms with Gasteiger partial charge in [0.05, 0.1) is 11.0 Å². The Kier molecular flexibility index (Phi) is 3.21. The van der Waals surface area contributed by atoms with Gasteiger partial charge in [0, 0.05) is 11.4 Å². The van der Waals surface area contributed by atoms with Gasteiger partial charge in [0.15, 0.2) is 0 Å². The number of para-hydroxylation sites is 1. The molecule has 1 heterocycles. The Morgan fingerprint density at radius 1 is 1.29 bits per heavy atom. The molecule has 0 amide bonds. The molecule has 17 heavy (non-hydrogen) atoms. The molecule has 1 aliphatic carbocycles. The van der Waals surface area contributed by atoms with Crippen LogP contribution >= 0.6 is 15.9 Å². The van der Waals surface area contributed by atoms with Crippen LogP contribution in [-0.4, -0.2) is 6.04 Å². The highest BCUT2D eigenvalue weighted by Crippen LogP contribution is 2.27. The number of benzene rings is 1. The minimum absolute atomic E-state index is 0.687. The summed E-state index contributed by atoms with van der Waals surface area (Å²) in [7, 11) is 0. The number of hydrogen-bond donors (Lipinski definition) is 1. The van der Waals surface area contributed by atoms with Crippen LogP contribution in [0.1, 0.15) is 31.4 Å². The Morgan fingerprint density at radius 3 is 2.88 bits per heavy atom. The number of nitrogens with one attached hydrogen (secondary N) is 1. The lowest BCUT2D eigenvalue weighted by Crippen LogP contribution is -2.24. The molecule has 0 bridgehead atoms. The van der Waals surface area contributed by atoms with Crippen LogP contribution in [0.4, 0.5) is 0 Å². The predicted molar refractivity (Wildman–Crippen MR) is 73.0 cm³/mol. The van der Waals surface area contributed by atoms with E-state index in [9.17, 15) is 0 Å². The third-order valence-electron chi connectivity index (χ3n) is 3.47. The van der Waals surface area contributed by atoms with E-state index in [-0.39, 0.29) is 0 Å². The molecule has 3 rings (SSSR count). The van der Waals surface area contributed by atoms with Crippen LogP contribution in [0.15, 0.2) is 33.2 Å². The summed E-state index contributed by atoms with van der Waals surface area (Å²) in [5.41, 5.74) is 0.954. The van der Waals surface area contributed by atoms with Crippen LogP contribution in [0.25, 0.3) is 11.0 Å². The zero-order chi connectivity index (χ0) is 11.7. The Balaban J connectivity index is 1.74. The van der Waals surface area contributed by atoms with Crippen molar-refractivity contribution in [2.45, 2.75) is 38.3 Å². The second kappa shape index (κ2) is 4.83. The summed E-state index contributed by atoms with van der Waals surface area (Å²) < 4.78 is 6.88. The van der Waals surface area contributed by atoms with E-state index in [1.54, 1.807) is 0 Å². The third-order valence-corrected chi connectivity index (χ3v) is 4.09. The number of fused-ring (bicyclic) bond motifs is 1. The van der Waals surface area contributed by atoms with Crippen molar-refractivity contribution in [3.63, 3.8) is 0 Å². The van der Waals surface area contributed by atoms with Gasteiger partial charge in [-0.2, -0.15) is 0 Å². The van der Waals surface area contributed by atoms with Crippen LogP contribution < -0.4 is 5.32 Å². The van der Waals surface area contributed by atoms with Gasteiger partial charge in [0.25, 0.3) is 0 Å². The van der Waals surface area contributed by atoms with Crippen LogP contribution in [-0.2, 0) is 6.54 Å². The normalized spacial score (nSPS) is 17.0. The molecular weight excluding hydrogens is 278 g/mol. The first kappa shape index (κ1) is 11.3. The van der Waals surface area contributed by atoms with Gasteiger partial charge in [-0.05, 0) is 40.9 Å². The molecule has 0 saturated heterocycles. The lowest BCUT2D eigenvalue weighted by atomic mass is 10.2. The summed E-state index contributed by atoms with van der Waals surface area (Å²) in [4.78, 5) is 0. The average Bonchev–Trinajstić information content (AvgIpc) is 2.95. The van der Waals surface area contributed by atoms with Gasteiger partial charge in [0.1, 0.15) is 11.3 Å². The van der Waals surface area contributed by atoms with Crippen molar-refractivity contribution in [3.8, 4) is 0 Å². The van der Waals surface area contributed by atoms with Crippen molar-refractivity contribution in [3.05, 3.63) is 34.5 Å². The summed E-state index contributed by atoms with van der Waals surface area (Å²) in [5.74, 6) is 1.03. The summed E-state index contributed by atoms with van der Waals surface area (Å²) >= 11 is 3.51. The van der Waals surface area contributed by atoms with Gasteiger partial charge >= 0.3 is 0 Å². The smallest absolute Gasteiger partial charge is 0.148 e. The minimum atomic E-state index is 0.687. The maximum Gasteiger partial charge on any atom is 0.148 e. The highest BCUT2D eigenvalue weighted by atomic mass is 79.9. The largest absolute Gasteiger partial charge is 0.459 e. The van der Waals surface area contributed by atoms with Gasteiger partial charge in [0.2, 0.25) is 0 Å². The lowest BCUT2D eigenvalue weighted by molar-refractivity contribution is 0.462. The van der Waals surface area contributed by atoms with Gasteiger partial charge < -0.3 is 9.73 Å². The zero-order valence-corrected chi connectivity index (χ0v) is 11.3. The molecule has 0 atom stereocenters. The third kappa shape index (κ3) is 2.40. The van der Waals surface area contributed by atoms with E-state index >= 15 is 0 Å². The van der Waals surface area contributed by atoms with Crippen molar-refractivity contribution < 1.29 is 4.42 Å². The molecule has 2 nitrogen and oxygen atoms in total. The molecule has 3 heteroatoms. The molecule has 1 saturated carbocycles. The van der Waals surface area contributed by atoms with E-state index in [4.69, 9.17) is 4.42 Å². The zero-order valence-electron chi connectivity index (χ0n) is 9.71. The highest BCUT2D eigenvalue weighted by Gasteiger charge is 2.15. The van der Waals surface area contributed by atoms with Crippen molar-refractivity contribution in [1.29, 1.82) is 0 Å². The maximum atomic E-state index is 5.85. The number of hydrogen-bond acceptors (Lipinski definition) is 2. The van der Waals surface area contributed by atoms with Crippen LogP contribution in [0.2, 0.25) is 0 Å². The van der Waals surface area contributed by atoms with Crippen molar-refractivity contribution in [2.24, 2.45) is 0 Å². The summed E-state index contributed by atoms with van der Waals surface area (Å²) in [6.45, 7) is 0.839. The fourth-order valence-electron chi connectivity index (χ4n) is 2.54. The number of rotatable bonds is 3. The Hall–Kier alpha value is -0.800. The summed E-state index contributed by atoms with van der Waals surface area (Å²) in [5, 5.41) is 4.74. The maximum absolute atomic E-state index is 5.85. The van der Waals surface area contributed by atoms with E-state index in [0.29, 0.717) is 6.04 Å². The van der Waals surface area contributed by atoms with Crippen LogP contribution in [0.3, 0.4) is 0 Å². The van der Waals surface area contributed by atoms with E-state index in [1.165, 1.54) is 31.1 Å². The van der Waals surface area contributed by atoms with Gasteiger partial charge in [-0.15, -0.1) is 0 Å². The SMILES string of the molecule is Brc1cccc2cc(CNC3CCCC3)oc12. The first-order chi connectivity index (χ1) is 8.33. The number of halogens is 1. The highest BCUT2D eigenvalue weighted by molar-refractivity contribution is 9.10. The summed E-state index contributed by atoms with van der Waals surface area (Å²) in [6, 6.07) is 8.95. The molecule has 2 aromatic rings. The van der Waals surface area contributed by atoms with E-state index < -0.39 is 0 Å². The van der Waals surface area contributed by atoms with Crippen LogP contribution in [0, 0.1) is 0 Å². The van der Waals surface area contributed by atoms with Crippen molar-refractivity contribution in [1.82, 2.24) is 5.32 Å². The first-order valence-electron chi connectivity index (χ1n) is 6.23. The van der Waals surface area contributed by atoms with E-state index in [2.05, 4.69) is 33.4 Å². The van der Waals surface area contributed by atoms with Crippen molar-refractivity contribution in [2.75, 3.05) is 0 Å². The monoisotopic (exact) mass is 293 g/mol. The fraction of sp³-hybridized carbons (Fsp3) is 0.429. The lowest BCUT2D eigenvalue weighted by Gasteiger charge is -2.09. The average molecular weight is 294 g/mol. The molecule has 0 unspecified atom stereocenters. The van der Waals surface area contributed by atoms with Crippen molar-refractivity contribution >= 4 is 26.9 Å². The molecule has 0 radical (unpaired) electrons. The Labute approximate surface area is 110 Å². The minimum Gasteiger partial charge on any atom is -0.459 e. The van der Waals surface area contributed by atoms with E-state index in [1.807, 2.05) is 12.1 Å². The second-order valence-corrected chi connectivity index (χ2v) is 5.59. The topological polar surface area (TPSA) is 25.2 Å². The molecule has 0 aliphatic heterocycles. The molecular formula is C14H16BrNO. The van der Waals surface area contributed by atoms with E-state index in [0.717, 1.165) is 22.4 Å². The van der Waals surface area contributed by atoms with Gasteiger partial charge in [-0.3, -0.25) is 0 Å². The summed E-state index contributed by atoms with van der Waals surface area (Å²) in [6.07, 6.45) is 5.35. The number of furan rings is 1. The van der Waals surface area contributed by atoms with Gasteiger partial charge in [-0.25, -0.2) is 0 Å². The quantitative estimate of drug-likeness (QED) is 0.916. The standard InChI is InChI=1S/C14H16BrNO/c15-13-7-3-4-10-8-12(17-14(10)13)9-16-11-5-1-2-6-11/h3-4,7-8,11,16H,1-2,5-6,9H2. The molecule has 1 aromatic heterocycles. The molecule has 0 spiro atoms. The Bertz CT molecular complexity index is 514.